The van der Waals surface area contributed by atoms with Gasteiger partial charge >= 0.3 is 0 Å². The normalized spacial score (nSPS) is 10.7. The Morgan fingerprint density at radius 1 is 1.04 bits per heavy atom. The first kappa shape index (κ1) is 15.2. The van der Waals surface area contributed by atoms with E-state index in [-0.39, 0.29) is 0 Å². The molecular formula is C18H21N5. The lowest BCUT2D eigenvalue weighted by Gasteiger charge is -2.20. The first-order chi connectivity index (χ1) is 11.2. The Bertz CT molecular complexity index is 806. The van der Waals surface area contributed by atoms with Crippen LogP contribution < -0.4 is 10.2 Å². The number of pyridine rings is 1. The predicted octanol–water partition coefficient (Wildman–Crippen LogP) is 3.92. The highest BCUT2D eigenvalue weighted by Gasteiger charge is 2.09. The summed E-state index contributed by atoms with van der Waals surface area (Å²) in [6.07, 6.45) is 1.81. The molecule has 0 aliphatic heterocycles. The van der Waals surface area contributed by atoms with Crippen molar-refractivity contribution in [3.8, 4) is 0 Å². The third-order valence-electron chi connectivity index (χ3n) is 3.81. The number of aryl methyl sites for hydroxylation is 1. The van der Waals surface area contributed by atoms with Gasteiger partial charge in [0, 0.05) is 30.7 Å². The molecule has 0 fully saturated rings. The number of fused-ring (bicyclic) bond motifs is 1. The summed E-state index contributed by atoms with van der Waals surface area (Å²) in [5, 5.41) is 4.49. The number of benzene rings is 1. The van der Waals surface area contributed by atoms with Crippen molar-refractivity contribution < 1.29 is 0 Å². The number of nitrogens with one attached hydrogen (secondary N) is 1. The van der Waals surface area contributed by atoms with Crippen molar-refractivity contribution in [1.82, 2.24) is 15.0 Å². The Balaban J connectivity index is 1.99. The molecule has 0 spiro atoms. The maximum Gasteiger partial charge on any atom is 0.136 e. The van der Waals surface area contributed by atoms with Gasteiger partial charge in [-0.2, -0.15) is 0 Å². The van der Waals surface area contributed by atoms with Gasteiger partial charge in [-0.05, 0) is 32.9 Å². The summed E-state index contributed by atoms with van der Waals surface area (Å²) in [4.78, 5) is 15.7. The van der Waals surface area contributed by atoms with Crippen LogP contribution in [-0.2, 0) is 0 Å². The lowest BCUT2D eigenvalue weighted by atomic mass is 10.2. The molecule has 2 aromatic heterocycles. The lowest BCUT2D eigenvalue weighted by molar-refractivity contribution is 0.835. The van der Waals surface area contributed by atoms with Crippen LogP contribution in [0.15, 0.2) is 42.6 Å². The van der Waals surface area contributed by atoms with Crippen LogP contribution in [0.4, 0.5) is 17.3 Å². The summed E-state index contributed by atoms with van der Waals surface area (Å²) in [7, 11) is 0. The van der Waals surface area contributed by atoms with Crippen LogP contribution in [0.3, 0.4) is 0 Å². The first-order valence-electron chi connectivity index (χ1n) is 7.92. The highest BCUT2D eigenvalue weighted by atomic mass is 15.2. The molecule has 0 saturated carbocycles. The summed E-state index contributed by atoms with van der Waals surface area (Å²) >= 11 is 0. The van der Waals surface area contributed by atoms with E-state index in [1.54, 1.807) is 6.20 Å². The average molecular weight is 307 g/mol. The van der Waals surface area contributed by atoms with Crippen LogP contribution in [0, 0.1) is 6.92 Å². The zero-order valence-electron chi connectivity index (χ0n) is 13.7. The smallest absolute Gasteiger partial charge is 0.136 e. The minimum atomic E-state index is 0.755. The highest BCUT2D eigenvalue weighted by molar-refractivity contribution is 5.91. The van der Waals surface area contributed by atoms with Crippen molar-refractivity contribution in [3.05, 3.63) is 48.4 Å². The van der Waals surface area contributed by atoms with Gasteiger partial charge < -0.3 is 10.2 Å². The van der Waals surface area contributed by atoms with Crippen molar-refractivity contribution in [1.29, 1.82) is 0 Å². The Hall–Kier alpha value is -2.69. The van der Waals surface area contributed by atoms with Crippen LogP contribution in [-0.4, -0.2) is 28.0 Å². The topological polar surface area (TPSA) is 53.9 Å². The third-order valence-corrected chi connectivity index (χ3v) is 3.81. The number of aromatic nitrogens is 3. The Kier molecular flexibility index (Phi) is 4.37. The molecule has 0 atom stereocenters. The summed E-state index contributed by atoms with van der Waals surface area (Å²) in [6, 6.07) is 12.1. The summed E-state index contributed by atoms with van der Waals surface area (Å²) in [6.45, 7) is 8.01. The fourth-order valence-electron chi connectivity index (χ4n) is 2.67. The van der Waals surface area contributed by atoms with Gasteiger partial charge in [0.05, 0.1) is 11.2 Å². The fraction of sp³-hybridized carbons (Fsp3) is 0.278. The molecule has 23 heavy (non-hydrogen) atoms. The van der Waals surface area contributed by atoms with Crippen LogP contribution in [0.2, 0.25) is 0 Å². The molecule has 3 rings (SSSR count). The van der Waals surface area contributed by atoms with E-state index in [4.69, 9.17) is 0 Å². The molecule has 2 heterocycles. The van der Waals surface area contributed by atoms with Gasteiger partial charge in [-0.3, -0.25) is 4.98 Å². The van der Waals surface area contributed by atoms with E-state index in [0.29, 0.717) is 0 Å². The van der Waals surface area contributed by atoms with Crippen molar-refractivity contribution in [3.63, 3.8) is 0 Å². The van der Waals surface area contributed by atoms with E-state index in [1.165, 1.54) is 0 Å². The van der Waals surface area contributed by atoms with Crippen LogP contribution in [0.5, 0.6) is 0 Å². The van der Waals surface area contributed by atoms with Crippen molar-refractivity contribution in [2.45, 2.75) is 20.8 Å². The number of hydrogen-bond acceptors (Lipinski definition) is 5. The standard InChI is InChI=1S/C18H21N5/c1-4-23(5-2)17-12-16(20-13(3)21-17)22-15-10-6-8-14-9-7-11-19-18(14)15/h6-12H,4-5H2,1-3H3,(H,20,21,22). The second kappa shape index (κ2) is 6.60. The molecule has 5 heteroatoms. The lowest BCUT2D eigenvalue weighted by Crippen LogP contribution is -2.23. The largest absolute Gasteiger partial charge is 0.357 e. The van der Waals surface area contributed by atoms with E-state index in [9.17, 15) is 0 Å². The van der Waals surface area contributed by atoms with E-state index in [0.717, 1.165) is 47.1 Å². The zero-order valence-corrected chi connectivity index (χ0v) is 13.7. The van der Waals surface area contributed by atoms with Crippen molar-refractivity contribution in [2.24, 2.45) is 0 Å². The molecule has 3 aromatic rings. The van der Waals surface area contributed by atoms with Crippen LogP contribution in [0.25, 0.3) is 10.9 Å². The average Bonchev–Trinajstić information content (AvgIpc) is 2.56. The number of para-hydroxylation sites is 1. The predicted molar refractivity (Wildman–Crippen MR) is 95.4 cm³/mol. The van der Waals surface area contributed by atoms with Crippen LogP contribution >= 0.6 is 0 Å². The summed E-state index contributed by atoms with van der Waals surface area (Å²) < 4.78 is 0. The molecular weight excluding hydrogens is 286 g/mol. The Morgan fingerprint density at radius 2 is 1.83 bits per heavy atom. The highest BCUT2D eigenvalue weighted by Crippen LogP contribution is 2.25. The second-order valence-corrected chi connectivity index (χ2v) is 5.34. The van der Waals surface area contributed by atoms with Gasteiger partial charge in [0.2, 0.25) is 0 Å². The molecule has 0 saturated heterocycles. The fourth-order valence-corrected chi connectivity index (χ4v) is 2.67. The summed E-state index contributed by atoms with van der Waals surface area (Å²) in [5.41, 5.74) is 1.89. The maximum absolute atomic E-state index is 4.54. The Morgan fingerprint density at radius 3 is 2.61 bits per heavy atom. The molecule has 0 bridgehead atoms. The van der Waals surface area contributed by atoms with E-state index >= 15 is 0 Å². The van der Waals surface area contributed by atoms with Crippen molar-refractivity contribution >= 4 is 28.2 Å². The Labute approximate surface area is 136 Å². The zero-order chi connectivity index (χ0) is 16.2. The maximum atomic E-state index is 4.54. The molecule has 0 aliphatic rings. The molecule has 118 valence electrons. The van der Waals surface area contributed by atoms with Gasteiger partial charge in [-0.1, -0.05) is 18.2 Å². The monoisotopic (exact) mass is 307 g/mol. The molecule has 1 aromatic carbocycles. The molecule has 0 radical (unpaired) electrons. The quantitative estimate of drug-likeness (QED) is 0.774. The first-order valence-corrected chi connectivity index (χ1v) is 7.92. The minimum absolute atomic E-state index is 0.755. The molecule has 0 amide bonds. The number of nitrogens with zero attached hydrogens (tertiary/aromatic N) is 4. The van der Waals surface area contributed by atoms with Crippen LogP contribution in [0.1, 0.15) is 19.7 Å². The molecule has 0 unspecified atom stereocenters. The van der Waals surface area contributed by atoms with Gasteiger partial charge in [0.1, 0.15) is 17.5 Å². The second-order valence-electron chi connectivity index (χ2n) is 5.34. The molecule has 5 nitrogen and oxygen atoms in total. The van der Waals surface area contributed by atoms with E-state index in [2.05, 4.69) is 51.1 Å². The van der Waals surface area contributed by atoms with Gasteiger partial charge in [-0.15, -0.1) is 0 Å². The molecule has 0 aliphatic carbocycles. The number of hydrogen-bond donors (Lipinski definition) is 1. The van der Waals surface area contributed by atoms with Crippen molar-refractivity contribution in [2.75, 3.05) is 23.3 Å². The van der Waals surface area contributed by atoms with Gasteiger partial charge in [-0.25, -0.2) is 9.97 Å². The SMILES string of the molecule is CCN(CC)c1cc(Nc2cccc3cccnc23)nc(C)n1. The summed E-state index contributed by atoms with van der Waals surface area (Å²) in [5.74, 6) is 2.49. The third kappa shape index (κ3) is 3.23. The van der Waals surface area contributed by atoms with Gasteiger partial charge in [0.15, 0.2) is 0 Å². The van der Waals surface area contributed by atoms with Gasteiger partial charge in [0.25, 0.3) is 0 Å². The molecule has 1 N–H and O–H groups in total. The van der Waals surface area contributed by atoms with E-state index in [1.807, 2.05) is 31.2 Å². The van der Waals surface area contributed by atoms with E-state index < -0.39 is 0 Å². The number of anilines is 3. The minimum Gasteiger partial charge on any atom is -0.357 e. The number of rotatable bonds is 5.